The van der Waals surface area contributed by atoms with Crippen molar-refractivity contribution < 1.29 is 28.7 Å². The number of benzene rings is 1. The summed E-state index contributed by atoms with van der Waals surface area (Å²) in [6.45, 7) is 12.8. The van der Waals surface area contributed by atoms with Crippen LogP contribution in [0.1, 0.15) is 101 Å². The van der Waals surface area contributed by atoms with Gasteiger partial charge in [-0.15, -0.1) is 0 Å². The predicted octanol–water partition coefficient (Wildman–Crippen LogP) is 4.51. The lowest BCUT2D eigenvalue weighted by Gasteiger charge is -2.30. The molecule has 0 bridgehead atoms. The molecule has 14 nitrogen and oxygen atoms in total. The number of carbonyl (C=O) groups excluding carboxylic acids is 4. The summed E-state index contributed by atoms with van der Waals surface area (Å²) >= 11 is 0. The number of rotatable bonds is 8. The fourth-order valence-electron chi connectivity index (χ4n) is 6.91. The zero-order chi connectivity index (χ0) is 39.1. The first-order valence-electron chi connectivity index (χ1n) is 18.3. The van der Waals surface area contributed by atoms with Crippen molar-refractivity contribution in [2.24, 2.45) is 23.7 Å². The van der Waals surface area contributed by atoms with Crippen molar-refractivity contribution >= 4 is 24.0 Å². The van der Waals surface area contributed by atoms with Crippen LogP contribution in [0.15, 0.2) is 36.7 Å². The van der Waals surface area contributed by atoms with Crippen LogP contribution in [0.4, 0.5) is 9.59 Å². The van der Waals surface area contributed by atoms with Gasteiger partial charge < -0.3 is 39.9 Å². The topological polar surface area (TPSA) is 175 Å². The van der Waals surface area contributed by atoms with Gasteiger partial charge in [-0.3, -0.25) is 9.59 Å². The average molecular weight is 739 g/mol. The number of aromatic amines is 2. The van der Waals surface area contributed by atoms with E-state index < -0.39 is 24.3 Å². The van der Waals surface area contributed by atoms with Gasteiger partial charge in [0.2, 0.25) is 11.8 Å². The van der Waals surface area contributed by atoms with Gasteiger partial charge in [0.05, 0.1) is 38.7 Å². The Morgan fingerprint density at radius 2 is 1.06 bits per heavy atom. The Morgan fingerprint density at radius 1 is 0.685 bits per heavy atom. The summed E-state index contributed by atoms with van der Waals surface area (Å²) in [5.41, 5.74) is 2.84. The molecular weight excluding hydrogens is 688 g/mol. The number of nitrogens with one attached hydrogen (secondary N) is 4. The van der Waals surface area contributed by atoms with Gasteiger partial charge in [-0.25, -0.2) is 19.6 Å². The van der Waals surface area contributed by atoms with E-state index in [4.69, 9.17) is 9.47 Å². The standard InChI is InChI=1S/C40H50N8O6/c1-23(2)33(45-39(51)53-7)37(49)47-21-25(5)17-31(47)35-41-19-29(43-35)15-13-27-9-11-28(12-10-27)14-16-30-20-42-36(44-30)32-18-26(6)22-48(32)38(50)34(24(3)4)46-40(52)54-8/h9-12,19-20,23-26,31-34H,17-18,21-22H2,1-8H3,(H,41,43)(H,42,44)(H,45,51)(H,46,52)/t25-,26-,31-,32-,33-,34+/m0/s1. The molecule has 54 heavy (non-hydrogen) atoms. The molecule has 4 N–H and O–H groups in total. The number of H-pyrrole nitrogens is 2. The lowest BCUT2D eigenvalue weighted by molar-refractivity contribution is -0.136. The first kappa shape index (κ1) is 39.4. The van der Waals surface area contributed by atoms with Crippen LogP contribution in [0.3, 0.4) is 0 Å². The van der Waals surface area contributed by atoms with Crippen molar-refractivity contribution in [3.63, 3.8) is 0 Å². The van der Waals surface area contributed by atoms with E-state index in [-0.39, 0.29) is 47.6 Å². The first-order chi connectivity index (χ1) is 25.8. The molecule has 286 valence electrons. The van der Waals surface area contributed by atoms with Crippen LogP contribution in [-0.4, -0.2) is 93.1 Å². The van der Waals surface area contributed by atoms with Crippen molar-refractivity contribution in [1.29, 1.82) is 0 Å². The van der Waals surface area contributed by atoms with E-state index in [1.807, 2.05) is 52.0 Å². The maximum atomic E-state index is 13.6. The Labute approximate surface area is 316 Å². The van der Waals surface area contributed by atoms with Crippen LogP contribution < -0.4 is 10.6 Å². The maximum absolute atomic E-state index is 13.6. The molecule has 2 aliphatic rings. The normalized spacial score (nSPS) is 20.4. The first-order valence-corrected chi connectivity index (χ1v) is 18.3. The molecule has 2 saturated heterocycles. The Morgan fingerprint density at radius 3 is 1.39 bits per heavy atom. The molecule has 5 rings (SSSR count). The quantitative estimate of drug-likeness (QED) is 0.244. The number of hydrogen-bond acceptors (Lipinski definition) is 8. The predicted molar refractivity (Wildman–Crippen MR) is 200 cm³/mol. The third-order valence-electron chi connectivity index (χ3n) is 9.76. The molecule has 4 heterocycles. The monoisotopic (exact) mass is 738 g/mol. The maximum Gasteiger partial charge on any atom is 0.407 e. The number of imidazole rings is 2. The fraction of sp³-hybridized carbons (Fsp3) is 0.500. The van der Waals surface area contributed by atoms with Gasteiger partial charge in [-0.05, 0) is 72.6 Å². The number of nitrogens with zero attached hydrogens (tertiary/aromatic N) is 4. The molecular formula is C40H50N8O6. The molecule has 2 aromatic heterocycles. The van der Waals surface area contributed by atoms with E-state index in [2.05, 4.69) is 68.1 Å². The van der Waals surface area contributed by atoms with Gasteiger partial charge >= 0.3 is 12.2 Å². The van der Waals surface area contributed by atoms with Gasteiger partial charge in [0, 0.05) is 24.2 Å². The molecule has 2 fully saturated rings. The van der Waals surface area contributed by atoms with Gasteiger partial charge in [0.25, 0.3) is 0 Å². The van der Waals surface area contributed by atoms with Crippen LogP contribution in [0.25, 0.3) is 0 Å². The molecule has 0 radical (unpaired) electrons. The summed E-state index contributed by atoms with van der Waals surface area (Å²) in [6.07, 6.45) is 3.54. The minimum atomic E-state index is -0.713. The highest BCUT2D eigenvalue weighted by atomic mass is 16.5. The second-order valence-electron chi connectivity index (χ2n) is 14.9. The summed E-state index contributed by atoms with van der Waals surface area (Å²) in [5.74, 6) is 13.8. The Bertz CT molecular complexity index is 1810. The highest BCUT2D eigenvalue weighted by Crippen LogP contribution is 2.36. The molecule has 14 heteroatoms. The SMILES string of the molecule is COC(=O)N[C@H](C(=O)N1C[C@@H](C)C[C@H]1c1ncc(C#Cc2ccc(C#Cc3cnc([C@@H]4C[C@H](C)CN4C(=O)[C@H](NC(=O)OC)C(C)C)[nH]3)cc2)[nH]1)C(C)C. The molecule has 0 aliphatic carbocycles. The molecule has 3 aromatic rings. The van der Waals surface area contributed by atoms with E-state index in [0.29, 0.717) is 36.1 Å². The van der Waals surface area contributed by atoms with Crippen LogP contribution in [0.2, 0.25) is 0 Å². The van der Waals surface area contributed by atoms with E-state index in [1.165, 1.54) is 14.2 Å². The van der Waals surface area contributed by atoms with Crippen molar-refractivity contribution in [2.45, 2.75) is 78.6 Å². The van der Waals surface area contributed by atoms with Gasteiger partial charge in [0.1, 0.15) is 35.1 Å². The minimum Gasteiger partial charge on any atom is -0.453 e. The number of alkyl carbamates (subject to hydrolysis) is 2. The van der Waals surface area contributed by atoms with Crippen molar-refractivity contribution in [1.82, 2.24) is 40.4 Å². The third-order valence-corrected chi connectivity index (χ3v) is 9.76. The van der Waals surface area contributed by atoms with Gasteiger partial charge in [-0.2, -0.15) is 0 Å². The zero-order valence-corrected chi connectivity index (χ0v) is 32.1. The highest BCUT2D eigenvalue weighted by Gasteiger charge is 2.41. The molecule has 0 unspecified atom stereocenters. The van der Waals surface area contributed by atoms with E-state index in [0.717, 1.165) is 24.0 Å². The summed E-state index contributed by atoms with van der Waals surface area (Å²) in [6, 6.07) is 5.62. The average Bonchev–Trinajstić information content (AvgIpc) is 3.97. The summed E-state index contributed by atoms with van der Waals surface area (Å²) in [4.78, 5) is 70.3. The summed E-state index contributed by atoms with van der Waals surface area (Å²) in [5, 5.41) is 5.36. The molecule has 0 saturated carbocycles. The van der Waals surface area contributed by atoms with Crippen LogP contribution in [-0.2, 0) is 19.1 Å². The highest BCUT2D eigenvalue weighted by molar-refractivity contribution is 5.87. The molecule has 4 amide bonds. The van der Waals surface area contributed by atoms with Crippen LogP contribution >= 0.6 is 0 Å². The van der Waals surface area contributed by atoms with E-state index in [1.54, 1.807) is 22.2 Å². The number of carbonyl (C=O) groups is 4. The van der Waals surface area contributed by atoms with E-state index in [9.17, 15) is 19.2 Å². The molecule has 0 spiro atoms. The summed E-state index contributed by atoms with van der Waals surface area (Å²) in [7, 11) is 2.56. The minimum absolute atomic E-state index is 0.125. The van der Waals surface area contributed by atoms with Gasteiger partial charge in [0.15, 0.2) is 0 Å². The molecule has 6 atom stereocenters. The second kappa shape index (κ2) is 17.4. The number of ether oxygens (including phenoxy) is 2. The number of methoxy groups -OCH3 is 2. The Hall–Kier alpha value is -5.76. The van der Waals surface area contributed by atoms with Crippen LogP contribution in [0, 0.1) is 47.4 Å². The number of hydrogen-bond donors (Lipinski definition) is 4. The van der Waals surface area contributed by atoms with Gasteiger partial charge in [-0.1, -0.05) is 53.4 Å². The van der Waals surface area contributed by atoms with Crippen molar-refractivity contribution in [2.75, 3.05) is 27.3 Å². The molecule has 1 aromatic carbocycles. The van der Waals surface area contributed by atoms with Crippen LogP contribution in [0.5, 0.6) is 0 Å². The second-order valence-corrected chi connectivity index (χ2v) is 14.9. The number of amides is 4. The van der Waals surface area contributed by atoms with Crippen molar-refractivity contribution in [3.8, 4) is 23.7 Å². The number of aromatic nitrogens is 4. The smallest absolute Gasteiger partial charge is 0.407 e. The Balaban J connectivity index is 1.23. The lowest BCUT2D eigenvalue weighted by Crippen LogP contribution is -2.51. The fourth-order valence-corrected chi connectivity index (χ4v) is 6.91. The zero-order valence-electron chi connectivity index (χ0n) is 32.1. The largest absolute Gasteiger partial charge is 0.453 e. The Kier molecular flexibility index (Phi) is 12.7. The van der Waals surface area contributed by atoms with Crippen molar-refractivity contribution in [3.05, 3.63) is 70.8 Å². The van der Waals surface area contributed by atoms with E-state index >= 15 is 0 Å². The lowest BCUT2D eigenvalue weighted by atomic mass is 10.0. The molecule has 2 aliphatic heterocycles. The third kappa shape index (κ3) is 9.42. The summed E-state index contributed by atoms with van der Waals surface area (Å²) < 4.78 is 9.49. The number of likely N-dealkylation sites (tertiary alicyclic amines) is 2.